The quantitative estimate of drug-likeness (QED) is 0.786. The third-order valence-corrected chi connectivity index (χ3v) is 3.80. The minimum absolute atomic E-state index is 0.140. The number of hydrogen-bond acceptors (Lipinski definition) is 4. The fraction of sp³-hybridized carbons (Fsp3) is 0.167. The lowest BCUT2D eigenvalue weighted by atomic mass is 10.1. The van der Waals surface area contributed by atoms with Crippen molar-refractivity contribution in [3.05, 3.63) is 36.4 Å². The van der Waals surface area contributed by atoms with Gasteiger partial charge in [-0.2, -0.15) is 8.42 Å². The van der Waals surface area contributed by atoms with Gasteiger partial charge in [0.1, 0.15) is 5.75 Å². The second kappa shape index (κ2) is 4.35. The summed E-state index contributed by atoms with van der Waals surface area (Å²) in [5, 5.41) is 1.74. The Balaban J connectivity index is 2.64. The molecule has 0 saturated carbocycles. The van der Waals surface area contributed by atoms with E-state index in [4.69, 9.17) is 4.74 Å². The van der Waals surface area contributed by atoms with Crippen LogP contribution in [0, 0.1) is 0 Å². The summed E-state index contributed by atoms with van der Waals surface area (Å²) >= 11 is 0. The third kappa shape index (κ3) is 2.25. The minimum atomic E-state index is -3.65. The molecule has 2 aromatic carbocycles. The Hall–Kier alpha value is -1.59. The molecule has 0 aromatic heterocycles. The summed E-state index contributed by atoms with van der Waals surface area (Å²) in [6.07, 6.45) is 0. The van der Waals surface area contributed by atoms with E-state index in [1.54, 1.807) is 25.3 Å². The summed E-state index contributed by atoms with van der Waals surface area (Å²) in [5.41, 5.74) is 0. The molecule has 0 atom stereocenters. The molecular formula is C12H12O4S. The summed E-state index contributed by atoms with van der Waals surface area (Å²) < 4.78 is 32.7. The van der Waals surface area contributed by atoms with Crippen LogP contribution in [-0.2, 0) is 14.3 Å². The van der Waals surface area contributed by atoms with E-state index in [0.717, 1.165) is 17.9 Å². The molecule has 2 aromatic rings. The highest BCUT2D eigenvalue weighted by Crippen LogP contribution is 2.24. The van der Waals surface area contributed by atoms with Crippen LogP contribution in [0.5, 0.6) is 5.75 Å². The molecule has 0 radical (unpaired) electrons. The van der Waals surface area contributed by atoms with Gasteiger partial charge in [-0.1, -0.05) is 12.1 Å². The lowest BCUT2D eigenvalue weighted by molar-refractivity contribution is 0.398. The van der Waals surface area contributed by atoms with Crippen molar-refractivity contribution in [1.29, 1.82) is 0 Å². The molecule has 0 aliphatic carbocycles. The molecule has 0 amide bonds. The number of fused-ring (bicyclic) bond motifs is 1. The summed E-state index contributed by atoms with van der Waals surface area (Å²) in [4.78, 5) is 0.140. The van der Waals surface area contributed by atoms with E-state index in [1.807, 2.05) is 12.1 Å². The van der Waals surface area contributed by atoms with Gasteiger partial charge in [-0.25, -0.2) is 0 Å². The second-order valence-corrected chi connectivity index (χ2v) is 5.21. The number of ether oxygens (including phenoxy) is 1. The van der Waals surface area contributed by atoms with Gasteiger partial charge < -0.3 is 4.74 Å². The zero-order chi connectivity index (χ0) is 12.5. The lowest BCUT2D eigenvalue weighted by Crippen LogP contribution is -2.02. The first-order valence-corrected chi connectivity index (χ1v) is 6.36. The second-order valence-electron chi connectivity index (χ2n) is 3.50. The minimum Gasteiger partial charge on any atom is -0.497 e. The van der Waals surface area contributed by atoms with Crippen LogP contribution >= 0.6 is 0 Å². The normalized spacial score (nSPS) is 11.6. The Kier molecular flexibility index (Phi) is 3.04. The Morgan fingerprint density at radius 3 is 2.29 bits per heavy atom. The lowest BCUT2D eigenvalue weighted by Gasteiger charge is -2.05. The zero-order valence-electron chi connectivity index (χ0n) is 9.51. The largest absolute Gasteiger partial charge is 0.497 e. The molecule has 0 unspecified atom stereocenters. The predicted octanol–water partition coefficient (Wildman–Crippen LogP) is 2.18. The molecule has 0 bridgehead atoms. The van der Waals surface area contributed by atoms with Gasteiger partial charge in [0.05, 0.1) is 19.1 Å². The van der Waals surface area contributed by atoms with Crippen molar-refractivity contribution in [3.8, 4) is 5.75 Å². The highest BCUT2D eigenvalue weighted by molar-refractivity contribution is 7.86. The number of benzene rings is 2. The maximum absolute atomic E-state index is 11.5. The molecule has 5 heteroatoms. The molecular weight excluding hydrogens is 240 g/mol. The summed E-state index contributed by atoms with van der Waals surface area (Å²) in [6, 6.07) is 10.3. The third-order valence-electron chi connectivity index (χ3n) is 2.53. The van der Waals surface area contributed by atoms with Crippen LogP contribution in [0.3, 0.4) is 0 Å². The Morgan fingerprint density at radius 2 is 1.65 bits per heavy atom. The van der Waals surface area contributed by atoms with Crippen LogP contribution in [-0.4, -0.2) is 22.6 Å². The number of methoxy groups -OCH3 is 1. The summed E-state index contributed by atoms with van der Waals surface area (Å²) in [5.74, 6) is 0.685. The zero-order valence-corrected chi connectivity index (χ0v) is 10.3. The molecule has 0 saturated heterocycles. The van der Waals surface area contributed by atoms with E-state index >= 15 is 0 Å². The Labute approximate surface area is 99.9 Å². The molecule has 4 nitrogen and oxygen atoms in total. The van der Waals surface area contributed by atoms with Crippen LogP contribution in [0.25, 0.3) is 10.8 Å². The number of rotatable bonds is 3. The van der Waals surface area contributed by atoms with E-state index in [1.165, 1.54) is 6.07 Å². The van der Waals surface area contributed by atoms with Crippen LogP contribution in [0.4, 0.5) is 0 Å². The monoisotopic (exact) mass is 252 g/mol. The molecule has 0 spiro atoms. The van der Waals surface area contributed by atoms with Gasteiger partial charge in [0.15, 0.2) is 0 Å². The van der Waals surface area contributed by atoms with Crippen LogP contribution in [0.15, 0.2) is 41.3 Å². The van der Waals surface area contributed by atoms with Crippen LogP contribution in [0.1, 0.15) is 0 Å². The molecule has 0 N–H and O–H groups in total. The van der Waals surface area contributed by atoms with Crippen molar-refractivity contribution >= 4 is 20.9 Å². The van der Waals surface area contributed by atoms with Gasteiger partial charge in [0, 0.05) is 0 Å². The van der Waals surface area contributed by atoms with Crippen molar-refractivity contribution in [3.63, 3.8) is 0 Å². The van der Waals surface area contributed by atoms with Gasteiger partial charge in [-0.3, -0.25) is 4.18 Å². The smallest absolute Gasteiger partial charge is 0.296 e. The standard InChI is InChI=1S/C12H12O4S/c1-15-11-5-3-9-4-6-12(8-10(9)7-11)17(13,14)16-2/h3-8H,1-2H3. The topological polar surface area (TPSA) is 52.6 Å². The van der Waals surface area contributed by atoms with Crippen molar-refractivity contribution in [2.45, 2.75) is 4.90 Å². The molecule has 0 aliphatic heterocycles. The van der Waals surface area contributed by atoms with Crippen LogP contribution < -0.4 is 4.74 Å². The molecule has 17 heavy (non-hydrogen) atoms. The van der Waals surface area contributed by atoms with E-state index in [0.29, 0.717) is 5.75 Å². The maximum atomic E-state index is 11.5. The fourth-order valence-electron chi connectivity index (χ4n) is 1.58. The molecule has 90 valence electrons. The van der Waals surface area contributed by atoms with Gasteiger partial charge >= 0.3 is 0 Å². The van der Waals surface area contributed by atoms with Gasteiger partial charge in [-0.15, -0.1) is 0 Å². The fourth-order valence-corrected chi connectivity index (χ4v) is 2.28. The first-order valence-electron chi connectivity index (χ1n) is 4.95. The highest BCUT2D eigenvalue weighted by Gasteiger charge is 2.13. The highest BCUT2D eigenvalue weighted by atomic mass is 32.2. The molecule has 0 aliphatic rings. The summed E-state index contributed by atoms with van der Waals surface area (Å²) in [7, 11) is -0.940. The Bertz CT molecular complexity index is 647. The van der Waals surface area contributed by atoms with E-state index in [9.17, 15) is 8.42 Å². The average molecular weight is 252 g/mol. The first kappa shape index (κ1) is 11.9. The number of hydrogen-bond donors (Lipinski definition) is 0. The summed E-state index contributed by atoms with van der Waals surface area (Å²) in [6.45, 7) is 0. The Morgan fingerprint density at radius 1 is 0.941 bits per heavy atom. The molecule has 2 rings (SSSR count). The average Bonchev–Trinajstić information content (AvgIpc) is 2.37. The van der Waals surface area contributed by atoms with Crippen molar-refractivity contribution in [2.75, 3.05) is 14.2 Å². The van der Waals surface area contributed by atoms with Crippen molar-refractivity contribution in [2.24, 2.45) is 0 Å². The van der Waals surface area contributed by atoms with E-state index in [-0.39, 0.29) is 4.90 Å². The van der Waals surface area contributed by atoms with Gasteiger partial charge in [0.25, 0.3) is 10.1 Å². The maximum Gasteiger partial charge on any atom is 0.296 e. The van der Waals surface area contributed by atoms with Crippen molar-refractivity contribution < 1.29 is 17.3 Å². The van der Waals surface area contributed by atoms with Crippen LogP contribution in [0.2, 0.25) is 0 Å². The SMILES string of the molecule is COc1ccc2ccc(S(=O)(=O)OC)cc2c1. The first-order chi connectivity index (χ1) is 8.06. The van der Waals surface area contributed by atoms with E-state index in [2.05, 4.69) is 4.18 Å². The molecule has 0 heterocycles. The van der Waals surface area contributed by atoms with E-state index < -0.39 is 10.1 Å². The van der Waals surface area contributed by atoms with Gasteiger partial charge in [0.2, 0.25) is 0 Å². The molecule has 0 fully saturated rings. The van der Waals surface area contributed by atoms with Crippen molar-refractivity contribution in [1.82, 2.24) is 0 Å². The predicted molar refractivity (Wildman–Crippen MR) is 64.7 cm³/mol. The van der Waals surface area contributed by atoms with Gasteiger partial charge in [-0.05, 0) is 35.0 Å².